The van der Waals surface area contributed by atoms with Crippen molar-refractivity contribution >= 4 is 33.2 Å². The van der Waals surface area contributed by atoms with Crippen molar-refractivity contribution in [2.45, 2.75) is 38.6 Å². The van der Waals surface area contributed by atoms with Crippen LogP contribution in [-0.4, -0.2) is 26.2 Å². The molecule has 0 fully saturated rings. The number of hydrogen-bond acceptors (Lipinski definition) is 3. The zero-order valence-electron chi connectivity index (χ0n) is 11.9. The summed E-state index contributed by atoms with van der Waals surface area (Å²) in [6, 6.07) is 1.05. The minimum absolute atomic E-state index is 0.0248. The Morgan fingerprint density at radius 3 is 2.30 bits per heavy atom. The number of hydrogen-bond donors (Lipinski definition) is 2. The van der Waals surface area contributed by atoms with Crippen LogP contribution in [0.15, 0.2) is 11.0 Å². The van der Waals surface area contributed by atoms with Gasteiger partial charge in [-0.05, 0) is 37.0 Å². The maximum absolute atomic E-state index is 12.5. The van der Waals surface area contributed by atoms with Gasteiger partial charge in [-0.3, -0.25) is 0 Å². The lowest BCUT2D eigenvalue weighted by Crippen LogP contribution is -2.41. The molecular weight excluding hydrogens is 321 g/mol. The van der Waals surface area contributed by atoms with E-state index in [0.717, 1.165) is 0 Å². The van der Waals surface area contributed by atoms with Gasteiger partial charge in [0.15, 0.2) is 0 Å². The predicted octanol–water partition coefficient (Wildman–Crippen LogP) is 2.91. The fourth-order valence-electron chi connectivity index (χ4n) is 1.78. The summed E-state index contributed by atoms with van der Waals surface area (Å²) in [5, 5.41) is 9.77. The molecule has 0 saturated heterocycles. The number of halogens is 2. The van der Waals surface area contributed by atoms with Crippen molar-refractivity contribution in [3.63, 3.8) is 0 Å². The van der Waals surface area contributed by atoms with Crippen LogP contribution < -0.4 is 4.72 Å². The van der Waals surface area contributed by atoms with E-state index in [1.165, 1.54) is 0 Å². The Bertz CT molecular complexity index is 574. The van der Waals surface area contributed by atoms with Crippen LogP contribution >= 0.6 is 23.2 Å². The molecule has 2 N–H and O–H groups in total. The fourth-order valence-corrected chi connectivity index (χ4v) is 4.36. The second kappa shape index (κ2) is 6.62. The van der Waals surface area contributed by atoms with Crippen LogP contribution in [0.1, 0.15) is 25.0 Å². The predicted molar refractivity (Wildman–Crippen MR) is 82.0 cm³/mol. The molecule has 20 heavy (non-hydrogen) atoms. The summed E-state index contributed by atoms with van der Waals surface area (Å²) in [5.41, 5.74) is 0.989. The normalized spacial score (nSPS) is 13.8. The van der Waals surface area contributed by atoms with Crippen LogP contribution in [0.5, 0.6) is 0 Å². The first kappa shape index (κ1) is 17.7. The van der Waals surface area contributed by atoms with Gasteiger partial charge in [0.05, 0.1) is 11.6 Å². The van der Waals surface area contributed by atoms with E-state index >= 15 is 0 Å². The summed E-state index contributed by atoms with van der Waals surface area (Å²) in [6.07, 6.45) is 0. The smallest absolute Gasteiger partial charge is 0.242 e. The molecule has 0 amide bonds. The van der Waals surface area contributed by atoms with Gasteiger partial charge in [-0.25, -0.2) is 13.1 Å². The van der Waals surface area contributed by atoms with Gasteiger partial charge >= 0.3 is 0 Å². The average molecular weight is 340 g/mol. The summed E-state index contributed by atoms with van der Waals surface area (Å²) in [6.45, 7) is 6.65. The van der Waals surface area contributed by atoms with Gasteiger partial charge in [0, 0.05) is 11.1 Å². The number of benzene rings is 1. The molecule has 7 heteroatoms. The molecule has 0 aliphatic carbocycles. The van der Waals surface area contributed by atoms with Gasteiger partial charge in [-0.2, -0.15) is 0 Å². The number of aliphatic hydroxyl groups excluding tert-OH is 1. The highest BCUT2D eigenvalue weighted by Gasteiger charge is 2.27. The molecule has 0 spiro atoms. The standard InChI is InChI=1S/C13H19Cl2NO3S/c1-7(2)11(6-17)16-20(18,19)13-9(4)10(14)5-8(3)12(13)15/h5,7,11,16-17H,6H2,1-4H3/t11-/m1/s1. The second-order valence-corrected chi connectivity index (χ2v) is 7.53. The zero-order valence-corrected chi connectivity index (χ0v) is 14.2. The zero-order chi connectivity index (χ0) is 15.7. The van der Waals surface area contributed by atoms with Crippen molar-refractivity contribution < 1.29 is 13.5 Å². The minimum atomic E-state index is -3.85. The molecule has 1 atom stereocenters. The van der Waals surface area contributed by atoms with Crippen molar-refractivity contribution in [1.82, 2.24) is 4.72 Å². The van der Waals surface area contributed by atoms with Crippen molar-refractivity contribution in [2.24, 2.45) is 5.92 Å². The first-order valence-corrected chi connectivity index (χ1v) is 8.44. The molecule has 0 aliphatic heterocycles. The van der Waals surface area contributed by atoms with Gasteiger partial charge in [0.2, 0.25) is 10.0 Å². The van der Waals surface area contributed by atoms with Crippen LogP contribution in [0.4, 0.5) is 0 Å². The minimum Gasteiger partial charge on any atom is -0.395 e. The number of sulfonamides is 1. The van der Waals surface area contributed by atoms with Crippen LogP contribution in [0.3, 0.4) is 0 Å². The molecule has 0 unspecified atom stereocenters. The van der Waals surface area contributed by atoms with Crippen molar-refractivity contribution in [3.05, 3.63) is 27.2 Å². The summed E-state index contributed by atoms with van der Waals surface area (Å²) in [7, 11) is -3.85. The maximum Gasteiger partial charge on any atom is 0.242 e. The SMILES string of the molecule is Cc1cc(Cl)c(C)c(S(=O)(=O)N[C@H](CO)C(C)C)c1Cl. The van der Waals surface area contributed by atoms with E-state index in [1.54, 1.807) is 19.9 Å². The van der Waals surface area contributed by atoms with Crippen LogP contribution in [0.25, 0.3) is 0 Å². The van der Waals surface area contributed by atoms with Gasteiger partial charge in [-0.15, -0.1) is 0 Å². The average Bonchev–Trinajstić information content (AvgIpc) is 2.33. The molecule has 0 bridgehead atoms. The Balaban J connectivity index is 3.36. The van der Waals surface area contributed by atoms with E-state index in [4.69, 9.17) is 23.2 Å². The quantitative estimate of drug-likeness (QED) is 0.866. The van der Waals surface area contributed by atoms with Crippen molar-refractivity contribution in [2.75, 3.05) is 6.61 Å². The number of aliphatic hydroxyl groups is 1. The highest BCUT2D eigenvalue weighted by Crippen LogP contribution is 2.33. The molecule has 0 aliphatic rings. The van der Waals surface area contributed by atoms with Gasteiger partial charge in [0.25, 0.3) is 0 Å². The maximum atomic E-state index is 12.5. The molecule has 0 saturated carbocycles. The Hall–Kier alpha value is -0.330. The van der Waals surface area contributed by atoms with Crippen molar-refractivity contribution in [1.29, 1.82) is 0 Å². The van der Waals surface area contributed by atoms with Gasteiger partial charge < -0.3 is 5.11 Å². The summed E-state index contributed by atoms with van der Waals surface area (Å²) in [5.74, 6) is -0.0471. The molecule has 1 rings (SSSR count). The molecule has 1 aromatic carbocycles. The number of rotatable bonds is 5. The van der Waals surface area contributed by atoms with Crippen LogP contribution in [0.2, 0.25) is 10.0 Å². The molecule has 114 valence electrons. The molecule has 1 aromatic rings. The lowest BCUT2D eigenvalue weighted by atomic mass is 10.1. The monoisotopic (exact) mass is 339 g/mol. The fraction of sp³-hybridized carbons (Fsp3) is 0.538. The van der Waals surface area contributed by atoms with Crippen LogP contribution in [0, 0.1) is 19.8 Å². The molecule has 4 nitrogen and oxygen atoms in total. The Morgan fingerprint density at radius 2 is 1.85 bits per heavy atom. The van der Waals surface area contributed by atoms with E-state index in [-0.39, 0.29) is 22.4 Å². The van der Waals surface area contributed by atoms with Crippen LogP contribution in [-0.2, 0) is 10.0 Å². The first-order chi connectivity index (χ1) is 9.11. The van der Waals surface area contributed by atoms with Gasteiger partial charge in [0.1, 0.15) is 4.90 Å². The second-order valence-electron chi connectivity index (χ2n) is 5.10. The van der Waals surface area contributed by atoms with E-state index in [1.807, 2.05) is 13.8 Å². The Morgan fingerprint density at radius 1 is 1.30 bits per heavy atom. The van der Waals surface area contributed by atoms with E-state index < -0.39 is 16.1 Å². The third-order valence-corrected chi connectivity index (χ3v) is 5.82. The van der Waals surface area contributed by atoms with Crippen molar-refractivity contribution in [3.8, 4) is 0 Å². The first-order valence-electron chi connectivity index (χ1n) is 6.20. The van der Waals surface area contributed by atoms with E-state index in [9.17, 15) is 13.5 Å². The number of aryl methyl sites for hydroxylation is 1. The Kier molecular flexibility index (Phi) is 5.87. The topological polar surface area (TPSA) is 66.4 Å². The highest BCUT2D eigenvalue weighted by molar-refractivity contribution is 7.89. The summed E-state index contributed by atoms with van der Waals surface area (Å²) >= 11 is 12.2. The van der Waals surface area contributed by atoms with E-state index in [2.05, 4.69) is 4.72 Å². The third-order valence-electron chi connectivity index (χ3n) is 3.16. The molecule has 0 heterocycles. The summed E-state index contributed by atoms with van der Waals surface area (Å²) < 4.78 is 27.4. The van der Waals surface area contributed by atoms with Gasteiger partial charge in [-0.1, -0.05) is 37.0 Å². The lowest BCUT2D eigenvalue weighted by Gasteiger charge is -2.21. The third kappa shape index (κ3) is 3.65. The summed E-state index contributed by atoms with van der Waals surface area (Å²) in [4.78, 5) is -0.0248. The lowest BCUT2D eigenvalue weighted by molar-refractivity contribution is 0.227. The molecule has 0 radical (unpaired) electrons. The Labute approximate surface area is 130 Å². The molecule has 0 aromatic heterocycles. The molecular formula is C13H19Cl2NO3S. The highest BCUT2D eigenvalue weighted by atomic mass is 35.5. The number of nitrogens with one attached hydrogen (secondary N) is 1. The largest absolute Gasteiger partial charge is 0.395 e. The van der Waals surface area contributed by atoms with E-state index in [0.29, 0.717) is 16.1 Å².